The zero-order valence-electron chi connectivity index (χ0n) is 12.8. The lowest BCUT2D eigenvalue weighted by molar-refractivity contribution is -0.142. The van der Waals surface area contributed by atoms with Gasteiger partial charge < -0.3 is 10.0 Å². The standard InChI is InChI=1S/C17H23NO3/c1-11(2)15(13-7-5-4-6-8-13)16(19)18-9-12(3)14(10-18)17(20)21/h4-8,11-12,14-15H,9-10H2,1-3H3,(H,20,21)/t12-,14-,15?/m1/s1. The Bertz CT molecular complexity index is 512. The van der Waals surface area contributed by atoms with Crippen LogP contribution in [0.1, 0.15) is 32.3 Å². The third-order valence-corrected chi connectivity index (χ3v) is 4.33. The highest BCUT2D eigenvalue weighted by molar-refractivity contribution is 5.85. The number of carbonyl (C=O) groups is 2. The monoisotopic (exact) mass is 289 g/mol. The SMILES string of the molecule is CC(C)C(C(=O)N1C[C@@H](C)[C@H](C(=O)O)C1)c1ccccc1. The molecule has 1 aliphatic rings. The molecular formula is C17H23NO3. The number of amides is 1. The van der Waals surface area contributed by atoms with Gasteiger partial charge >= 0.3 is 5.97 Å². The van der Waals surface area contributed by atoms with Gasteiger partial charge in [0.2, 0.25) is 5.91 Å². The highest BCUT2D eigenvalue weighted by atomic mass is 16.4. The van der Waals surface area contributed by atoms with Crippen molar-refractivity contribution in [2.75, 3.05) is 13.1 Å². The fourth-order valence-electron chi connectivity index (χ4n) is 3.14. The minimum absolute atomic E-state index is 0.00929. The van der Waals surface area contributed by atoms with Crippen LogP contribution in [0.25, 0.3) is 0 Å². The van der Waals surface area contributed by atoms with E-state index < -0.39 is 11.9 Å². The second-order valence-electron chi connectivity index (χ2n) is 6.30. The summed E-state index contributed by atoms with van der Waals surface area (Å²) in [5, 5.41) is 9.21. The van der Waals surface area contributed by atoms with Crippen LogP contribution in [0.3, 0.4) is 0 Å². The summed E-state index contributed by atoms with van der Waals surface area (Å²) in [5.74, 6) is -1.22. The van der Waals surface area contributed by atoms with Gasteiger partial charge in [-0.05, 0) is 17.4 Å². The molecule has 0 bridgehead atoms. The van der Waals surface area contributed by atoms with Crippen LogP contribution >= 0.6 is 0 Å². The Hall–Kier alpha value is -1.84. The number of carboxylic acid groups (broad SMARTS) is 1. The first kappa shape index (κ1) is 15.5. The number of aliphatic carboxylic acids is 1. The third kappa shape index (κ3) is 3.26. The predicted molar refractivity (Wildman–Crippen MR) is 80.9 cm³/mol. The van der Waals surface area contributed by atoms with Crippen molar-refractivity contribution in [3.63, 3.8) is 0 Å². The molecule has 1 amide bonds. The molecule has 3 atom stereocenters. The van der Waals surface area contributed by atoms with Crippen LogP contribution < -0.4 is 0 Å². The Morgan fingerprint density at radius 1 is 1.19 bits per heavy atom. The van der Waals surface area contributed by atoms with Crippen molar-refractivity contribution in [3.05, 3.63) is 35.9 Å². The molecule has 4 heteroatoms. The first-order valence-electron chi connectivity index (χ1n) is 7.48. The molecule has 114 valence electrons. The molecule has 0 aliphatic carbocycles. The van der Waals surface area contributed by atoms with Crippen LogP contribution in [-0.2, 0) is 9.59 Å². The van der Waals surface area contributed by atoms with E-state index in [0.717, 1.165) is 5.56 Å². The summed E-state index contributed by atoms with van der Waals surface area (Å²) < 4.78 is 0. The van der Waals surface area contributed by atoms with Gasteiger partial charge in [0.05, 0.1) is 11.8 Å². The maximum absolute atomic E-state index is 12.8. The van der Waals surface area contributed by atoms with Crippen molar-refractivity contribution >= 4 is 11.9 Å². The number of carboxylic acids is 1. The van der Waals surface area contributed by atoms with Gasteiger partial charge in [0, 0.05) is 13.1 Å². The molecule has 1 aromatic rings. The second-order valence-corrected chi connectivity index (χ2v) is 6.30. The molecule has 1 fully saturated rings. The highest BCUT2D eigenvalue weighted by Gasteiger charge is 2.39. The summed E-state index contributed by atoms with van der Waals surface area (Å²) in [7, 11) is 0. The van der Waals surface area contributed by atoms with Crippen LogP contribution in [0.5, 0.6) is 0 Å². The van der Waals surface area contributed by atoms with E-state index in [9.17, 15) is 14.7 Å². The summed E-state index contributed by atoms with van der Waals surface area (Å²) in [6.45, 7) is 6.82. The number of hydrogen-bond acceptors (Lipinski definition) is 2. The topological polar surface area (TPSA) is 57.6 Å². The lowest BCUT2D eigenvalue weighted by atomic mass is 9.87. The molecule has 21 heavy (non-hydrogen) atoms. The molecule has 1 saturated heterocycles. The Balaban J connectivity index is 2.19. The second kappa shape index (κ2) is 6.29. The Labute approximate surface area is 125 Å². The molecule has 1 heterocycles. The number of nitrogens with zero attached hydrogens (tertiary/aromatic N) is 1. The summed E-state index contributed by atoms with van der Waals surface area (Å²) in [4.78, 5) is 25.8. The molecule has 1 unspecified atom stereocenters. The lowest BCUT2D eigenvalue weighted by Gasteiger charge is -2.26. The van der Waals surface area contributed by atoms with Crippen LogP contribution in [-0.4, -0.2) is 35.0 Å². The van der Waals surface area contributed by atoms with Crippen molar-refractivity contribution in [3.8, 4) is 0 Å². The zero-order valence-corrected chi connectivity index (χ0v) is 12.8. The Morgan fingerprint density at radius 2 is 1.81 bits per heavy atom. The lowest BCUT2D eigenvalue weighted by Crippen LogP contribution is -2.36. The highest BCUT2D eigenvalue weighted by Crippen LogP contribution is 2.31. The summed E-state index contributed by atoms with van der Waals surface area (Å²) in [5.41, 5.74) is 1.00. The molecule has 0 radical (unpaired) electrons. The quantitative estimate of drug-likeness (QED) is 0.927. The van der Waals surface area contributed by atoms with Crippen molar-refractivity contribution < 1.29 is 14.7 Å². The van der Waals surface area contributed by atoms with E-state index in [-0.39, 0.29) is 23.7 Å². The average Bonchev–Trinajstić information content (AvgIpc) is 2.82. The van der Waals surface area contributed by atoms with Gasteiger partial charge in [-0.15, -0.1) is 0 Å². The van der Waals surface area contributed by atoms with Gasteiger partial charge in [-0.3, -0.25) is 9.59 Å². The summed E-state index contributed by atoms with van der Waals surface area (Å²) in [6.07, 6.45) is 0. The fourth-order valence-corrected chi connectivity index (χ4v) is 3.14. The van der Waals surface area contributed by atoms with E-state index in [1.165, 1.54) is 0 Å². The Morgan fingerprint density at radius 3 is 2.29 bits per heavy atom. The molecular weight excluding hydrogens is 266 g/mol. The largest absolute Gasteiger partial charge is 0.481 e. The minimum Gasteiger partial charge on any atom is -0.481 e. The van der Waals surface area contributed by atoms with E-state index in [4.69, 9.17) is 0 Å². The molecule has 4 nitrogen and oxygen atoms in total. The van der Waals surface area contributed by atoms with Crippen molar-refractivity contribution in [2.24, 2.45) is 17.8 Å². The number of rotatable bonds is 4. The zero-order chi connectivity index (χ0) is 15.6. The summed E-state index contributed by atoms with van der Waals surface area (Å²) >= 11 is 0. The molecule has 1 N–H and O–H groups in total. The minimum atomic E-state index is -0.807. The molecule has 1 aliphatic heterocycles. The third-order valence-electron chi connectivity index (χ3n) is 4.33. The summed E-state index contributed by atoms with van der Waals surface area (Å²) in [6, 6.07) is 9.74. The van der Waals surface area contributed by atoms with Crippen molar-refractivity contribution in [2.45, 2.75) is 26.7 Å². The van der Waals surface area contributed by atoms with Gasteiger partial charge in [-0.2, -0.15) is 0 Å². The van der Waals surface area contributed by atoms with Gasteiger partial charge in [0.25, 0.3) is 0 Å². The molecule has 0 aromatic heterocycles. The maximum Gasteiger partial charge on any atom is 0.308 e. The van der Waals surface area contributed by atoms with Gasteiger partial charge in [0.1, 0.15) is 0 Å². The number of carbonyl (C=O) groups excluding carboxylic acids is 1. The average molecular weight is 289 g/mol. The normalized spacial score (nSPS) is 23.3. The molecule has 0 saturated carbocycles. The maximum atomic E-state index is 12.8. The van der Waals surface area contributed by atoms with Crippen molar-refractivity contribution in [1.82, 2.24) is 4.90 Å². The van der Waals surface area contributed by atoms with Crippen LogP contribution in [0.15, 0.2) is 30.3 Å². The predicted octanol–water partition coefficient (Wildman–Crippen LogP) is 2.61. The van der Waals surface area contributed by atoms with Crippen LogP contribution in [0.4, 0.5) is 0 Å². The number of benzene rings is 1. The molecule has 1 aromatic carbocycles. The number of hydrogen-bond donors (Lipinski definition) is 1. The van der Waals surface area contributed by atoms with E-state index in [0.29, 0.717) is 13.1 Å². The smallest absolute Gasteiger partial charge is 0.308 e. The van der Waals surface area contributed by atoms with E-state index in [2.05, 4.69) is 0 Å². The van der Waals surface area contributed by atoms with Gasteiger partial charge in [0.15, 0.2) is 0 Å². The Kier molecular flexibility index (Phi) is 4.66. The van der Waals surface area contributed by atoms with E-state index in [1.54, 1.807) is 4.90 Å². The first-order chi connectivity index (χ1) is 9.91. The van der Waals surface area contributed by atoms with Crippen molar-refractivity contribution in [1.29, 1.82) is 0 Å². The van der Waals surface area contributed by atoms with Gasteiger partial charge in [-0.1, -0.05) is 51.1 Å². The first-order valence-corrected chi connectivity index (χ1v) is 7.48. The van der Waals surface area contributed by atoms with Crippen LogP contribution in [0, 0.1) is 17.8 Å². The van der Waals surface area contributed by atoms with E-state index >= 15 is 0 Å². The van der Waals surface area contributed by atoms with Gasteiger partial charge in [-0.25, -0.2) is 0 Å². The van der Waals surface area contributed by atoms with E-state index in [1.807, 2.05) is 51.1 Å². The molecule has 0 spiro atoms. The fraction of sp³-hybridized carbons (Fsp3) is 0.529. The van der Waals surface area contributed by atoms with Crippen LogP contribution in [0.2, 0.25) is 0 Å². The number of likely N-dealkylation sites (tertiary alicyclic amines) is 1. The molecule has 2 rings (SSSR count).